The van der Waals surface area contributed by atoms with Crippen molar-refractivity contribution in [3.05, 3.63) is 34.6 Å². The lowest BCUT2D eigenvalue weighted by Crippen LogP contribution is -2.42. The van der Waals surface area contributed by atoms with Crippen LogP contribution in [-0.2, 0) is 16.1 Å². The summed E-state index contributed by atoms with van der Waals surface area (Å²) in [5, 5.41) is 2.24. The van der Waals surface area contributed by atoms with E-state index in [9.17, 15) is 14.0 Å². The van der Waals surface area contributed by atoms with Crippen molar-refractivity contribution in [1.82, 2.24) is 10.7 Å². The molecular weight excluding hydrogens is 237 g/mol. The van der Waals surface area contributed by atoms with E-state index in [-0.39, 0.29) is 11.6 Å². The Morgan fingerprint density at radius 3 is 2.62 bits per heavy atom. The van der Waals surface area contributed by atoms with E-state index in [0.29, 0.717) is 5.56 Å². The highest BCUT2D eigenvalue weighted by Crippen LogP contribution is 2.15. The Labute approximate surface area is 95.7 Å². The molecule has 0 aliphatic heterocycles. The molecule has 5 nitrogen and oxygen atoms in total. The summed E-state index contributed by atoms with van der Waals surface area (Å²) in [6.45, 7) is 0.0618. The van der Waals surface area contributed by atoms with Crippen LogP contribution in [0, 0.1) is 5.82 Å². The number of benzene rings is 1. The molecule has 7 heteroatoms. The smallest absolute Gasteiger partial charge is 0.323 e. The molecule has 0 bridgehead atoms. The van der Waals surface area contributed by atoms with E-state index in [1.54, 1.807) is 5.43 Å². The van der Waals surface area contributed by atoms with Crippen LogP contribution in [0.2, 0.25) is 5.02 Å². The molecule has 2 amide bonds. The minimum Gasteiger partial charge on any atom is -0.344 e. The second-order valence-electron chi connectivity index (χ2n) is 2.90. The molecule has 0 fully saturated rings. The average Bonchev–Trinajstić information content (AvgIpc) is 2.29. The number of hydrogen-bond donors (Lipinski definition) is 3. The highest BCUT2D eigenvalue weighted by atomic mass is 35.5. The van der Waals surface area contributed by atoms with Crippen molar-refractivity contribution >= 4 is 23.4 Å². The van der Waals surface area contributed by atoms with Crippen LogP contribution < -0.4 is 16.6 Å². The van der Waals surface area contributed by atoms with Gasteiger partial charge in [-0.2, -0.15) is 0 Å². The fraction of sp³-hybridized carbons (Fsp3) is 0.111. The Hall–Kier alpha value is -1.66. The molecule has 0 radical (unpaired) electrons. The van der Waals surface area contributed by atoms with Gasteiger partial charge in [-0.15, -0.1) is 0 Å². The van der Waals surface area contributed by atoms with Gasteiger partial charge >= 0.3 is 11.8 Å². The Morgan fingerprint density at radius 2 is 2.06 bits per heavy atom. The van der Waals surface area contributed by atoms with E-state index in [1.165, 1.54) is 18.2 Å². The van der Waals surface area contributed by atoms with Gasteiger partial charge in [0.1, 0.15) is 5.82 Å². The number of amides is 2. The third-order valence-electron chi connectivity index (χ3n) is 1.77. The largest absolute Gasteiger partial charge is 0.344 e. The monoisotopic (exact) mass is 245 g/mol. The van der Waals surface area contributed by atoms with E-state index in [4.69, 9.17) is 17.4 Å². The van der Waals surface area contributed by atoms with Crippen LogP contribution in [0.25, 0.3) is 0 Å². The summed E-state index contributed by atoms with van der Waals surface area (Å²) in [7, 11) is 0. The van der Waals surface area contributed by atoms with Crippen molar-refractivity contribution in [3.63, 3.8) is 0 Å². The molecule has 0 aliphatic carbocycles. The highest BCUT2D eigenvalue weighted by molar-refractivity contribution is 6.34. The molecule has 0 heterocycles. The van der Waals surface area contributed by atoms with E-state index < -0.39 is 17.6 Å². The van der Waals surface area contributed by atoms with Gasteiger partial charge in [0.2, 0.25) is 0 Å². The molecule has 16 heavy (non-hydrogen) atoms. The zero-order valence-corrected chi connectivity index (χ0v) is 8.84. The Kier molecular flexibility index (Phi) is 4.21. The highest BCUT2D eigenvalue weighted by Gasteiger charge is 2.10. The van der Waals surface area contributed by atoms with Gasteiger partial charge in [0.15, 0.2) is 0 Å². The van der Waals surface area contributed by atoms with Crippen LogP contribution in [0.5, 0.6) is 0 Å². The van der Waals surface area contributed by atoms with Gasteiger partial charge < -0.3 is 5.32 Å². The van der Waals surface area contributed by atoms with Gasteiger partial charge in [0.25, 0.3) is 0 Å². The van der Waals surface area contributed by atoms with E-state index in [2.05, 4.69) is 5.32 Å². The van der Waals surface area contributed by atoms with Crippen molar-refractivity contribution < 1.29 is 14.0 Å². The van der Waals surface area contributed by atoms with Crippen LogP contribution in [0.4, 0.5) is 4.39 Å². The quantitative estimate of drug-likeness (QED) is 0.299. The first-order valence-corrected chi connectivity index (χ1v) is 4.65. The number of hydrogen-bond acceptors (Lipinski definition) is 3. The molecule has 0 aromatic heterocycles. The van der Waals surface area contributed by atoms with Crippen molar-refractivity contribution in [1.29, 1.82) is 0 Å². The number of carbonyl (C=O) groups excluding carboxylic acids is 2. The van der Waals surface area contributed by atoms with Gasteiger partial charge in [0.05, 0.1) is 5.02 Å². The number of hydrazine groups is 1. The Bertz CT molecular complexity index is 425. The first-order valence-electron chi connectivity index (χ1n) is 4.27. The van der Waals surface area contributed by atoms with Gasteiger partial charge in [0, 0.05) is 6.54 Å². The molecule has 86 valence electrons. The average molecular weight is 246 g/mol. The molecule has 0 spiro atoms. The molecule has 0 unspecified atom stereocenters. The Morgan fingerprint density at radius 1 is 1.38 bits per heavy atom. The number of carbonyl (C=O) groups is 2. The fourth-order valence-corrected chi connectivity index (χ4v) is 1.18. The third-order valence-corrected chi connectivity index (χ3v) is 2.06. The summed E-state index contributed by atoms with van der Waals surface area (Å²) in [4.78, 5) is 21.7. The van der Waals surface area contributed by atoms with Crippen LogP contribution in [0.1, 0.15) is 5.56 Å². The topological polar surface area (TPSA) is 84.2 Å². The summed E-state index contributed by atoms with van der Waals surface area (Å²) in [5.74, 6) is 2.39. The van der Waals surface area contributed by atoms with Crippen LogP contribution in [-0.4, -0.2) is 11.8 Å². The first kappa shape index (κ1) is 12.4. The minimum atomic E-state index is -0.951. The molecule has 0 saturated carbocycles. The van der Waals surface area contributed by atoms with Crippen molar-refractivity contribution in [3.8, 4) is 0 Å². The van der Waals surface area contributed by atoms with Crippen LogP contribution in [0.3, 0.4) is 0 Å². The second kappa shape index (κ2) is 5.43. The van der Waals surface area contributed by atoms with Crippen molar-refractivity contribution in [2.24, 2.45) is 5.84 Å². The lowest BCUT2D eigenvalue weighted by Gasteiger charge is -2.04. The summed E-state index contributed by atoms with van der Waals surface area (Å²) in [6, 6.07) is 3.98. The Balaban J connectivity index is 2.58. The lowest BCUT2D eigenvalue weighted by atomic mass is 10.2. The third kappa shape index (κ3) is 3.18. The summed E-state index contributed by atoms with van der Waals surface area (Å²) in [5.41, 5.74) is 2.26. The predicted octanol–water partition coefficient (Wildman–Crippen LogP) is 0.0852. The number of nitrogens with one attached hydrogen (secondary N) is 2. The van der Waals surface area contributed by atoms with Crippen molar-refractivity contribution in [2.75, 3.05) is 0 Å². The molecule has 0 aliphatic rings. The van der Waals surface area contributed by atoms with Gasteiger partial charge in [-0.3, -0.25) is 15.0 Å². The molecule has 4 N–H and O–H groups in total. The number of rotatable bonds is 2. The van der Waals surface area contributed by atoms with Gasteiger partial charge in [-0.05, 0) is 17.7 Å². The standard InChI is InChI=1S/C9H9ClFN3O2/c10-6-3-5(1-2-7(6)11)4-13-8(15)9(16)14-12/h1-3H,4,12H2,(H,13,15)(H,14,16). The minimum absolute atomic E-state index is 0.0463. The summed E-state index contributed by atoms with van der Waals surface area (Å²) in [6.07, 6.45) is 0. The molecular formula is C9H9ClFN3O2. The zero-order chi connectivity index (χ0) is 12.1. The summed E-state index contributed by atoms with van der Waals surface area (Å²) >= 11 is 5.53. The van der Waals surface area contributed by atoms with Crippen LogP contribution >= 0.6 is 11.6 Å². The molecule has 1 rings (SSSR count). The summed E-state index contributed by atoms with van der Waals surface area (Å²) < 4.78 is 12.8. The fourth-order valence-electron chi connectivity index (χ4n) is 0.978. The van der Waals surface area contributed by atoms with E-state index in [1.807, 2.05) is 0 Å². The SMILES string of the molecule is NNC(=O)C(=O)NCc1ccc(F)c(Cl)c1. The maximum atomic E-state index is 12.8. The normalized spacial score (nSPS) is 9.69. The van der Waals surface area contributed by atoms with E-state index in [0.717, 1.165) is 0 Å². The van der Waals surface area contributed by atoms with Crippen molar-refractivity contribution in [2.45, 2.75) is 6.54 Å². The maximum Gasteiger partial charge on any atom is 0.323 e. The van der Waals surface area contributed by atoms with E-state index >= 15 is 0 Å². The second-order valence-corrected chi connectivity index (χ2v) is 3.31. The van der Waals surface area contributed by atoms with Gasteiger partial charge in [-0.25, -0.2) is 10.2 Å². The maximum absolute atomic E-state index is 12.8. The zero-order valence-electron chi connectivity index (χ0n) is 8.09. The molecule has 0 saturated heterocycles. The molecule has 0 atom stereocenters. The van der Waals surface area contributed by atoms with Gasteiger partial charge in [-0.1, -0.05) is 17.7 Å². The van der Waals surface area contributed by atoms with Crippen LogP contribution in [0.15, 0.2) is 18.2 Å². The number of halogens is 2. The molecule has 1 aromatic carbocycles. The molecule has 1 aromatic rings. The number of nitrogens with two attached hydrogens (primary N) is 1. The first-order chi connectivity index (χ1) is 7.54. The predicted molar refractivity (Wildman–Crippen MR) is 55.6 cm³/mol. The lowest BCUT2D eigenvalue weighted by molar-refractivity contribution is -0.139.